The summed E-state index contributed by atoms with van der Waals surface area (Å²) in [7, 11) is 0. The second-order valence-corrected chi connectivity index (χ2v) is 6.98. The summed E-state index contributed by atoms with van der Waals surface area (Å²) in [5.74, 6) is -1.27. The molecule has 0 aliphatic heterocycles. The smallest absolute Gasteiger partial charge is 0.326 e. The molecule has 0 saturated carbocycles. The number of allylic oxidation sites excluding steroid dienone is 6. The fraction of sp³-hybridized carbons (Fsp3) is 0.619. The summed E-state index contributed by atoms with van der Waals surface area (Å²) in [4.78, 5) is 22.0. The van der Waals surface area contributed by atoms with E-state index in [9.17, 15) is 9.59 Å². The first-order valence-electron chi connectivity index (χ1n) is 9.17. The number of hydrogen-bond donors (Lipinski definition) is 2. The van der Waals surface area contributed by atoms with Gasteiger partial charge in [-0.2, -0.15) is 0 Å². The van der Waals surface area contributed by atoms with Gasteiger partial charge in [0, 0.05) is 6.92 Å². The standard InChI is InChI=1S/C21H35NO3/c1-16(2)10-8-12-18(4)14-9-13-17(3)11-6-7-15-20(21(24)25)22-19(5)23/h10-11,14,20H,6-9,12-13,15H2,1-5H3,(H,22,23)(H,24,25)/b17-11+,18-14+. The van der Waals surface area contributed by atoms with Crippen LogP contribution in [-0.4, -0.2) is 23.0 Å². The van der Waals surface area contributed by atoms with Crippen LogP contribution in [0.25, 0.3) is 0 Å². The zero-order valence-corrected chi connectivity index (χ0v) is 16.5. The SMILES string of the molecule is CC(=O)NC(CCC/C=C(\C)CC/C=C(\C)CCC=C(C)C)C(=O)O. The van der Waals surface area contributed by atoms with Crippen LogP contribution in [0.4, 0.5) is 0 Å². The van der Waals surface area contributed by atoms with Crippen LogP contribution in [0.15, 0.2) is 34.9 Å². The normalized spacial score (nSPS) is 13.3. The van der Waals surface area contributed by atoms with Gasteiger partial charge in [0.05, 0.1) is 0 Å². The molecule has 1 unspecified atom stereocenters. The molecule has 0 aliphatic carbocycles. The number of carbonyl (C=O) groups excluding carboxylic acids is 1. The van der Waals surface area contributed by atoms with E-state index in [1.807, 2.05) is 0 Å². The number of carboxylic acids is 1. The van der Waals surface area contributed by atoms with E-state index < -0.39 is 12.0 Å². The Morgan fingerprint density at radius 3 is 1.88 bits per heavy atom. The molecule has 4 heteroatoms. The average molecular weight is 350 g/mol. The van der Waals surface area contributed by atoms with Gasteiger partial charge in [0.15, 0.2) is 0 Å². The van der Waals surface area contributed by atoms with Crippen molar-refractivity contribution in [3.8, 4) is 0 Å². The van der Waals surface area contributed by atoms with E-state index in [1.54, 1.807) is 0 Å². The summed E-state index contributed by atoms with van der Waals surface area (Å²) in [6.45, 7) is 9.90. The van der Waals surface area contributed by atoms with Crippen LogP contribution in [0.1, 0.15) is 79.6 Å². The summed E-state index contributed by atoms with van der Waals surface area (Å²) < 4.78 is 0. The summed E-state index contributed by atoms with van der Waals surface area (Å²) in [6, 6.07) is -0.780. The predicted molar refractivity (Wildman–Crippen MR) is 105 cm³/mol. The Hall–Kier alpha value is -1.84. The van der Waals surface area contributed by atoms with E-state index in [0.717, 1.165) is 38.5 Å². The van der Waals surface area contributed by atoms with Gasteiger partial charge in [-0.1, -0.05) is 34.9 Å². The number of amides is 1. The Kier molecular flexibility index (Phi) is 12.5. The van der Waals surface area contributed by atoms with Gasteiger partial charge in [-0.05, 0) is 72.6 Å². The van der Waals surface area contributed by atoms with Crippen molar-refractivity contribution < 1.29 is 14.7 Å². The van der Waals surface area contributed by atoms with Gasteiger partial charge < -0.3 is 10.4 Å². The highest BCUT2D eigenvalue weighted by molar-refractivity contribution is 5.81. The first-order valence-corrected chi connectivity index (χ1v) is 9.17. The minimum atomic E-state index is -0.968. The third-order valence-corrected chi connectivity index (χ3v) is 3.99. The molecule has 0 fully saturated rings. The molecule has 0 spiro atoms. The molecule has 0 saturated heterocycles. The third-order valence-electron chi connectivity index (χ3n) is 3.99. The zero-order valence-electron chi connectivity index (χ0n) is 16.5. The van der Waals surface area contributed by atoms with Gasteiger partial charge in [0.25, 0.3) is 0 Å². The highest BCUT2D eigenvalue weighted by Crippen LogP contribution is 2.13. The van der Waals surface area contributed by atoms with Gasteiger partial charge in [-0.15, -0.1) is 0 Å². The number of hydrogen-bond acceptors (Lipinski definition) is 2. The van der Waals surface area contributed by atoms with Crippen molar-refractivity contribution >= 4 is 11.9 Å². The molecular weight excluding hydrogens is 314 g/mol. The molecule has 0 radical (unpaired) electrons. The molecule has 142 valence electrons. The maximum Gasteiger partial charge on any atom is 0.326 e. The van der Waals surface area contributed by atoms with Gasteiger partial charge in [-0.3, -0.25) is 4.79 Å². The van der Waals surface area contributed by atoms with Crippen LogP contribution in [0.3, 0.4) is 0 Å². The van der Waals surface area contributed by atoms with Crippen molar-refractivity contribution in [1.82, 2.24) is 5.32 Å². The minimum Gasteiger partial charge on any atom is -0.480 e. The van der Waals surface area contributed by atoms with E-state index in [-0.39, 0.29) is 5.91 Å². The fourth-order valence-electron chi connectivity index (χ4n) is 2.51. The highest BCUT2D eigenvalue weighted by Gasteiger charge is 2.16. The largest absolute Gasteiger partial charge is 0.480 e. The summed E-state index contributed by atoms with van der Waals surface area (Å²) in [6.07, 6.45) is 13.1. The van der Waals surface area contributed by atoms with Gasteiger partial charge in [-0.25, -0.2) is 4.79 Å². The highest BCUT2D eigenvalue weighted by atomic mass is 16.4. The Labute approximate surface area is 153 Å². The van der Waals surface area contributed by atoms with Crippen molar-refractivity contribution in [3.05, 3.63) is 34.9 Å². The predicted octanol–water partition coefficient (Wildman–Crippen LogP) is 5.17. The number of carbonyl (C=O) groups is 2. The van der Waals surface area contributed by atoms with E-state index in [4.69, 9.17) is 5.11 Å². The average Bonchev–Trinajstić information content (AvgIpc) is 2.49. The molecule has 1 atom stereocenters. The van der Waals surface area contributed by atoms with Gasteiger partial charge in [0.1, 0.15) is 6.04 Å². The maximum absolute atomic E-state index is 11.0. The summed E-state index contributed by atoms with van der Waals surface area (Å²) >= 11 is 0. The van der Waals surface area contributed by atoms with Crippen LogP contribution in [0, 0.1) is 0 Å². The number of unbranched alkanes of at least 4 members (excludes halogenated alkanes) is 1. The van der Waals surface area contributed by atoms with Crippen molar-refractivity contribution in [2.24, 2.45) is 0 Å². The van der Waals surface area contributed by atoms with E-state index >= 15 is 0 Å². The first kappa shape index (κ1) is 23.2. The lowest BCUT2D eigenvalue weighted by molar-refractivity contribution is -0.141. The third kappa shape index (κ3) is 14.2. The molecule has 2 N–H and O–H groups in total. The number of rotatable bonds is 12. The fourth-order valence-corrected chi connectivity index (χ4v) is 2.51. The Bertz CT molecular complexity index is 511. The molecule has 0 aliphatic rings. The minimum absolute atomic E-state index is 0.300. The molecule has 4 nitrogen and oxygen atoms in total. The monoisotopic (exact) mass is 349 g/mol. The van der Waals surface area contributed by atoms with Gasteiger partial charge in [0.2, 0.25) is 5.91 Å². The van der Waals surface area contributed by atoms with Crippen molar-refractivity contribution in [1.29, 1.82) is 0 Å². The quantitative estimate of drug-likeness (QED) is 0.377. The molecule has 0 heterocycles. The number of aliphatic carboxylic acids is 1. The van der Waals surface area contributed by atoms with Crippen molar-refractivity contribution in [2.45, 2.75) is 85.6 Å². The van der Waals surface area contributed by atoms with Crippen molar-refractivity contribution in [3.63, 3.8) is 0 Å². The summed E-state index contributed by atoms with van der Waals surface area (Å²) in [5, 5.41) is 11.5. The zero-order chi connectivity index (χ0) is 19.2. The molecule has 0 aromatic rings. The second kappa shape index (κ2) is 13.5. The number of nitrogens with one attached hydrogen (secondary N) is 1. The molecule has 25 heavy (non-hydrogen) atoms. The van der Waals surface area contributed by atoms with E-state index in [2.05, 4.69) is 51.2 Å². The Morgan fingerprint density at radius 1 is 0.880 bits per heavy atom. The molecule has 0 rings (SSSR count). The van der Waals surface area contributed by atoms with E-state index in [0.29, 0.717) is 6.42 Å². The van der Waals surface area contributed by atoms with Crippen molar-refractivity contribution in [2.75, 3.05) is 0 Å². The maximum atomic E-state index is 11.0. The van der Waals surface area contributed by atoms with Crippen LogP contribution in [-0.2, 0) is 9.59 Å². The topological polar surface area (TPSA) is 66.4 Å². The second-order valence-electron chi connectivity index (χ2n) is 6.98. The Morgan fingerprint density at radius 2 is 1.40 bits per heavy atom. The van der Waals surface area contributed by atoms with Crippen LogP contribution >= 0.6 is 0 Å². The lowest BCUT2D eigenvalue weighted by Gasteiger charge is -2.12. The molecule has 0 aromatic carbocycles. The molecule has 1 amide bonds. The summed E-state index contributed by atoms with van der Waals surface area (Å²) in [5.41, 5.74) is 4.14. The molecule has 0 aromatic heterocycles. The Balaban J connectivity index is 4.07. The van der Waals surface area contributed by atoms with Crippen LogP contribution < -0.4 is 5.32 Å². The molecular formula is C21H35NO3. The van der Waals surface area contributed by atoms with Crippen LogP contribution in [0.2, 0.25) is 0 Å². The van der Waals surface area contributed by atoms with E-state index in [1.165, 1.54) is 23.6 Å². The van der Waals surface area contributed by atoms with Gasteiger partial charge >= 0.3 is 5.97 Å². The lowest BCUT2D eigenvalue weighted by atomic mass is 10.0. The lowest BCUT2D eigenvalue weighted by Crippen LogP contribution is -2.39. The number of carboxylic acid groups (broad SMARTS) is 1. The first-order chi connectivity index (χ1) is 11.7. The molecule has 0 bridgehead atoms. The van der Waals surface area contributed by atoms with Crippen LogP contribution in [0.5, 0.6) is 0 Å².